The molecule has 1 N–H and O–H groups in total. The van der Waals surface area contributed by atoms with Gasteiger partial charge in [-0.2, -0.15) is 0 Å². The average Bonchev–Trinajstić information content (AvgIpc) is 3.09. The third-order valence-corrected chi connectivity index (χ3v) is 6.90. The van der Waals surface area contributed by atoms with E-state index in [1.54, 1.807) is 37.4 Å². The van der Waals surface area contributed by atoms with Gasteiger partial charge in [-0.25, -0.2) is 4.98 Å². The van der Waals surface area contributed by atoms with Crippen LogP contribution in [0.25, 0.3) is 6.08 Å². The number of nitrogens with zero attached hydrogens (tertiary/aromatic N) is 4. The number of halogens is 1. The van der Waals surface area contributed by atoms with Crippen molar-refractivity contribution in [2.24, 2.45) is 0 Å². The molecule has 1 fully saturated rings. The number of methoxy groups -OCH3 is 1. The van der Waals surface area contributed by atoms with Crippen LogP contribution in [0.4, 0.5) is 5.82 Å². The maximum absolute atomic E-state index is 13.0. The van der Waals surface area contributed by atoms with Gasteiger partial charge in [0.15, 0.2) is 11.5 Å². The molecule has 224 valence electrons. The standard InChI is InChI=1S/C30H41N5O5.ClH/c1-22(2)40-29-24(7-5-8-26(29)38-4)19-33(3)28(37)10-9-23-17-25-20-35(21-27(36)32-30(25)31-18-23)12-6-11-34-13-15-39-16-14-34;/h5,7-10,17-18,22H,6,11-16,19-21H2,1-4H3,(H,31,32,36);1H/b10-9+;. The monoisotopic (exact) mass is 587 g/mol. The number of aromatic nitrogens is 1. The zero-order valence-corrected chi connectivity index (χ0v) is 25.2. The molecular formula is C30H42ClN5O5. The molecule has 2 amide bonds. The predicted octanol–water partition coefficient (Wildman–Crippen LogP) is 3.45. The van der Waals surface area contributed by atoms with Gasteiger partial charge >= 0.3 is 0 Å². The molecule has 11 heteroatoms. The Bertz CT molecular complexity index is 1200. The lowest BCUT2D eigenvalue weighted by molar-refractivity contribution is -0.125. The molecule has 2 aromatic rings. The van der Waals surface area contributed by atoms with Crippen LogP contribution in [0.1, 0.15) is 37.0 Å². The summed E-state index contributed by atoms with van der Waals surface area (Å²) in [6.45, 7) is 10.5. The Labute approximate surface area is 249 Å². The number of para-hydroxylation sites is 1. The normalized spacial score (nSPS) is 16.1. The first-order valence-corrected chi connectivity index (χ1v) is 13.9. The average molecular weight is 588 g/mol. The van der Waals surface area contributed by atoms with Crippen molar-refractivity contribution in [3.8, 4) is 11.5 Å². The number of ether oxygens (including phenoxy) is 3. The Morgan fingerprint density at radius 1 is 1.20 bits per heavy atom. The number of hydrogen-bond donors (Lipinski definition) is 1. The molecule has 1 aromatic heterocycles. The Morgan fingerprint density at radius 3 is 2.68 bits per heavy atom. The number of nitrogens with one attached hydrogen (secondary N) is 1. The Kier molecular flexibility index (Phi) is 12.4. The van der Waals surface area contributed by atoms with Crippen molar-refractivity contribution in [3.63, 3.8) is 0 Å². The number of hydrogen-bond acceptors (Lipinski definition) is 8. The van der Waals surface area contributed by atoms with Crippen molar-refractivity contribution >= 4 is 36.1 Å². The summed E-state index contributed by atoms with van der Waals surface area (Å²) in [5, 5.41) is 2.92. The topological polar surface area (TPSA) is 96.5 Å². The predicted molar refractivity (Wildman–Crippen MR) is 162 cm³/mol. The molecule has 0 atom stereocenters. The SMILES string of the molecule is COc1cccc(CN(C)C(=O)/C=C/c2cnc3c(c2)CN(CCCN2CCOCC2)CC(=O)N3)c1OC(C)C.Cl. The van der Waals surface area contributed by atoms with Crippen molar-refractivity contribution < 1.29 is 23.8 Å². The highest BCUT2D eigenvalue weighted by Gasteiger charge is 2.21. The van der Waals surface area contributed by atoms with Gasteiger partial charge in [0.2, 0.25) is 11.8 Å². The first-order chi connectivity index (χ1) is 19.3. The number of amides is 2. The van der Waals surface area contributed by atoms with E-state index >= 15 is 0 Å². The minimum absolute atomic E-state index is 0. The van der Waals surface area contributed by atoms with Gasteiger partial charge in [0.1, 0.15) is 5.82 Å². The van der Waals surface area contributed by atoms with Gasteiger partial charge in [-0.3, -0.25) is 19.4 Å². The molecule has 0 radical (unpaired) electrons. The summed E-state index contributed by atoms with van der Waals surface area (Å²) >= 11 is 0. The van der Waals surface area contributed by atoms with Gasteiger partial charge in [-0.15, -0.1) is 12.4 Å². The highest BCUT2D eigenvalue weighted by Crippen LogP contribution is 2.32. The number of benzene rings is 1. The minimum Gasteiger partial charge on any atom is -0.493 e. The van der Waals surface area contributed by atoms with E-state index in [0.29, 0.717) is 37.0 Å². The molecule has 0 bridgehead atoms. The smallest absolute Gasteiger partial charge is 0.246 e. The fourth-order valence-corrected chi connectivity index (χ4v) is 4.87. The summed E-state index contributed by atoms with van der Waals surface area (Å²) in [5.74, 6) is 1.66. The summed E-state index contributed by atoms with van der Waals surface area (Å²) in [4.78, 5) is 36.1. The lowest BCUT2D eigenvalue weighted by atomic mass is 10.1. The van der Waals surface area contributed by atoms with Crippen LogP contribution in [0.15, 0.2) is 36.5 Å². The van der Waals surface area contributed by atoms with E-state index in [4.69, 9.17) is 14.2 Å². The highest BCUT2D eigenvalue weighted by molar-refractivity contribution is 5.93. The number of carbonyl (C=O) groups is 2. The molecule has 10 nitrogen and oxygen atoms in total. The van der Waals surface area contributed by atoms with E-state index in [-0.39, 0.29) is 30.3 Å². The molecule has 0 unspecified atom stereocenters. The third-order valence-electron chi connectivity index (χ3n) is 6.90. The van der Waals surface area contributed by atoms with Gasteiger partial charge < -0.3 is 24.4 Å². The van der Waals surface area contributed by atoms with E-state index in [2.05, 4.69) is 20.1 Å². The third kappa shape index (κ3) is 9.43. The second-order valence-electron chi connectivity index (χ2n) is 10.5. The second kappa shape index (κ2) is 15.7. The first-order valence-electron chi connectivity index (χ1n) is 13.9. The van der Waals surface area contributed by atoms with Crippen LogP contribution >= 0.6 is 12.4 Å². The molecule has 0 spiro atoms. The summed E-state index contributed by atoms with van der Waals surface area (Å²) in [5.41, 5.74) is 2.61. The quantitative estimate of drug-likeness (QED) is 0.400. The van der Waals surface area contributed by atoms with Crippen LogP contribution in [0, 0.1) is 0 Å². The zero-order valence-electron chi connectivity index (χ0n) is 24.4. The van der Waals surface area contributed by atoms with Gasteiger partial charge in [0.25, 0.3) is 0 Å². The van der Waals surface area contributed by atoms with Crippen LogP contribution in [0.5, 0.6) is 11.5 Å². The number of rotatable bonds is 11. The molecule has 2 aliphatic heterocycles. The Balaban J connectivity index is 0.00000462. The molecule has 3 heterocycles. The van der Waals surface area contributed by atoms with Crippen molar-refractivity contribution in [1.82, 2.24) is 19.7 Å². The Morgan fingerprint density at radius 2 is 1.95 bits per heavy atom. The van der Waals surface area contributed by atoms with Crippen LogP contribution in [0.2, 0.25) is 0 Å². The zero-order chi connectivity index (χ0) is 28.5. The summed E-state index contributed by atoms with van der Waals surface area (Å²) in [7, 11) is 3.36. The van der Waals surface area contributed by atoms with Gasteiger partial charge in [-0.1, -0.05) is 12.1 Å². The number of morpholine rings is 1. The van der Waals surface area contributed by atoms with Crippen LogP contribution in [-0.2, 0) is 27.4 Å². The second-order valence-corrected chi connectivity index (χ2v) is 10.5. The van der Waals surface area contributed by atoms with Gasteiger partial charge in [0, 0.05) is 63.2 Å². The highest BCUT2D eigenvalue weighted by atomic mass is 35.5. The van der Waals surface area contributed by atoms with Crippen molar-refractivity contribution in [3.05, 3.63) is 53.2 Å². The fourth-order valence-electron chi connectivity index (χ4n) is 4.87. The number of anilines is 1. The molecule has 1 saturated heterocycles. The number of carbonyl (C=O) groups excluding carboxylic acids is 2. The van der Waals surface area contributed by atoms with E-state index in [0.717, 1.165) is 62.5 Å². The van der Waals surface area contributed by atoms with Crippen molar-refractivity contribution in [2.75, 3.05) is 65.4 Å². The summed E-state index contributed by atoms with van der Waals surface area (Å²) in [6.07, 6.45) is 5.93. The maximum atomic E-state index is 13.0. The van der Waals surface area contributed by atoms with E-state index in [9.17, 15) is 9.59 Å². The summed E-state index contributed by atoms with van der Waals surface area (Å²) < 4.78 is 16.9. The van der Waals surface area contributed by atoms with Crippen molar-refractivity contribution in [2.45, 2.75) is 39.5 Å². The lowest BCUT2D eigenvalue weighted by Gasteiger charge is -2.27. The van der Waals surface area contributed by atoms with Gasteiger partial charge in [0.05, 0.1) is 33.0 Å². The van der Waals surface area contributed by atoms with Gasteiger partial charge in [-0.05, 0) is 50.6 Å². The van der Waals surface area contributed by atoms with Crippen LogP contribution in [-0.4, -0.2) is 97.7 Å². The molecular weight excluding hydrogens is 546 g/mol. The summed E-state index contributed by atoms with van der Waals surface area (Å²) in [6, 6.07) is 7.66. The Hall–Kier alpha value is -3.18. The molecule has 41 heavy (non-hydrogen) atoms. The molecule has 0 aliphatic carbocycles. The van der Waals surface area contributed by atoms with E-state index in [1.165, 1.54) is 0 Å². The van der Waals surface area contributed by atoms with E-state index in [1.807, 2.05) is 38.1 Å². The molecule has 1 aromatic carbocycles. The minimum atomic E-state index is -0.147. The molecule has 2 aliphatic rings. The number of fused-ring (bicyclic) bond motifs is 1. The molecule has 4 rings (SSSR count). The largest absolute Gasteiger partial charge is 0.493 e. The van der Waals surface area contributed by atoms with Crippen LogP contribution in [0.3, 0.4) is 0 Å². The molecule has 0 saturated carbocycles. The van der Waals surface area contributed by atoms with Crippen molar-refractivity contribution in [1.29, 1.82) is 0 Å². The fraction of sp³-hybridized carbons (Fsp3) is 0.500. The van der Waals surface area contributed by atoms with Crippen LogP contribution < -0.4 is 14.8 Å². The number of pyridine rings is 1. The lowest BCUT2D eigenvalue weighted by Crippen LogP contribution is -2.38. The maximum Gasteiger partial charge on any atom is 0.246 e. The van der Waals surface area contributed by atoms with E-state index < -0.39 is 0 Å². The number of likely N-dealkylation sites (N-methyl/N-ethyl adjacent to an activating group) is 1. The first kappa shape index (κ1) is 32.3.